The summed E-state index contributed by atoms with van der Waals surface area (Å²) in [6, 6.07) is 0. The molecule has 8 aliphatic rings. The molecule has 0 spiro atoms. The van der Waals surface area contributed by atoms with Crippen LogP contribution in [0.1, 0.15) is 139 Å². The average Bonchev–Trinajstić information content (AvgIpc) is 3.72. The highest BCUT2D eigenvalue weighted by Gasteiger charge is 2.72. The number of ether oxygens (including phenoxy) is 1. The van der Waals surface area contributed by atoms with Crippen molar-refractivity contribution in [2.75, 3.05) is 45.5 Å². The number of piperazine rings is 1. The van der Waals surface area contributed by atoms with Gasteiger partial charge in [-0.2, -0.15) is 4.31 Å². The number of carboxylic acids is 1. The zero-order chi connectivity index (χ0) is 39.8. The van der Waals surface area contributed by atoms with E-state index in [1.165, 1.54) is 70.5 Å². The van der Waals surface area contributed by atoms with Crippen LogP contribution in [0, 0.1) is 73.9 Å². The first-order valence-corrected chi connectivity index (χ1v) is 24.2. The molecule has 1 heterocycles. The van der Waals surface area contributed by atoms with Gasteiger partial charge in [0.2, 0.25) is 10.0 Å². The molecule has 0 radical (unpaired) electrons. The maximum Gasteiger partial charge on any atom is 0.309 e. The summed E-state index contributed by atoms with van der Waals surface area (Å²) in [6.45, 7) is 24.1. The molecule has 55 heavy (non-hydrogen) atoms. The van der Waals surface area contributed by atoms with Gasteiger partial charge in [-0.1, -0.05) is 55.4 Å². The lowest BCUT2D eigenvalue weighted by Gasteiger charge is -2.73. The van der Waals surface area contributed by atoms with Crippen LogP contribution in [-0.4, -0.2) is 91.8 Å². The number of carboxylic acid groups (broad SMARTS) is 1. The van der Waals surface area contributed by atoms with Gasteiger partial charge in [0.25, 0.3) is 0 Å². The van der Waals surface area contributed by atoms with E-state index in [4.69, 9.17) is 4.74 Å². The van der Waals surface area contributed by atoms with Gasteiger partial charge in [-0.25, -0.2) is 8.42 Å². The Hall–Kier alpha value is -1.23. The number of esters is 1. The van der Waals surface area contributed by atoms with Crippen molar-refractivity contribution in [1.82, 2.24) is 14.5 Å². The van der Waals surface area contributed by atoms with E-state index in [1.807, 2.05) is 13.8 Å². The summed E-state index contributed by atoms with van der Waals surface area (Å²) >= 11 is 0. The highest BCUT2D eigenvalue weighted by atomic mass is 32.2. The first-order valence-electron chi connectivity index (χ1n) is 22.4. The molecule has 0 aromatic carbocycles. The van der Waals surface area contributed by atoms with Crippen LogP contribution in [0.15, 0.2) is 0 Å². The standard InChI is InChI=1S/C45H75N3O6S/c1-39(2)31(37(49)50)28-32(39)38(51)54-35-14-15-42(6)33(40(35,3)4)13-16-44(8)34(42)11-10-30-36-29(41(5)18-19-41)12-17-45(36,21-20-43(30,44)7)46-22-23-47-24-26-48(27-25-47)55(9,52)53/h29-36,46H,10-28H2,1-9H3,(H,49,50)/t29-,30-,31+,32-,33+,34-,35+,36-,42+,43-,44-,45+/m1/s1. The SMILES string of the molecule is CC1([C@@H]2CC[C@]3(NCCN4CCN(S(C)(=O)=O)CC4)CC[C@]4(C)[C@H](CC[C@@H]5[C@@]6(C)CC[C@H](OC(=O)[C@H]7C[C@@H](C(=O)O)C7(C)C)C(C)(C)[C@@H]6CC[C@]54C)[C@@H]23)CC1. The number of aliphatic carboxylic acids is 1. The van der Waals surface area contributed by atoms with Crippen LogP contribution >= 0.6 is 0 Å². The molecule has 0 amide bonds. The molecule has 0 aromatic rings. The molecule has 0 bridgehead atoms. The van der Waals surface area contributed by atoms with Gasteiger partial charge in [0.05, 0.1) is 18.1 Å². The average molecular weight is 786 g/mol. The van der Waals surface area contributed by atoms with Gasteiger partial charge in [0.1, 0.15) is 6.10 Å². The third-order valence-corrected chi connectivity index (χ3v) is 21.4. The van der Waals surface area contributed by atoms with Gasteiger partial charge in [0.15, 0.2) is 0 Å². The zero-order valence-corrected chi connectivity index (χ0v) is 36.7. The minimum Gasteiger partial charge on any atom is -0.481 e. The maximum absolute atomic E-state index is 13.6. The van der Waals surface area contributed by atoms with Crippen molar-refractivity contribution < 1.29 is 27.9 Å². The summed E-state index contributed by atoms with van der Waals surface area (Å²) in [6.07, 6.45) is 16.6. The third kappa shape index (κ3) is 6.06. The molecule has 1 aliphatic heterocycles. The molecule has 312 valence electrons. The van der Waals surface area contributed by atoms with E-state index >= 15 is 0 Å². The smallest absolute Gasteiger partial charge is 0.309 e. The van der Waals surface area contributed by atoms with Crippen molar-refractivity contribution in [2.45, 2.75) is 151 Å². The number of rotatable bonds is 9. The Morgan fingerprint density at radius 3 is 2.04 bits per heavy atom. The fourth-order valence-electron chi connectivity index (χ4n) is 16.1. The number of carbonyl (C=O) groups excluding carboxylic acids is 1. The van der Waals surface area contributed by atoms with Crippen LogP contribution in [0.25, 0.3) is 0 Å². The fraction of sp³-hybridized carbons (Fsp3) is 0.956. The Kier molecular flexibility index (Phi) is 9.68. The molecule has 1 saturated heterocycles. The predicted molar refractivity (Wildman–Crippen MR) is 216 cm³/mol. The molecule has 7 aliphatic carbocycles. The molecule has 0 aromatic heterocycles. The van der Waals surface area contributed by atoms with E-state index in [9.17, 15) is 23.1 Å². The monoisotopic (exact) mass is 786 g/mol. The third-order valence-electron chi connectivity index (χ3n) is 20.1. The summed E-state index contributed by atoms with van der Waals surface area (Å²) in [5.41, 5.74) is 0.758. The van der Waals surface area contributed by atoms with Crippen LogP contribution in [0.4, 0.5) is 0 Å². The first kappa shape index (κ1) is 40.5. The van der Waals surface area contributed by atoms with Gasteiger partial charge in [-0.15, -0.1) is 0 Å². The Balaban J connectivity index is 0.985. The van der Waals surface area contributed by atoms with E-state index in [2.05, 4.69) is 51.8 Å². The van der Waals surface area contributed by atoms with Crippen molar-refractivity contribution in [1.29, 1.82) is 0 Å². The largest absolute Gasteiger partial charge is 0.481 e. The number of nitrogens with zero attached hydrogens (tertiary/aromatic N) is 2. The number of hydrogen-bond donors (Lipinski definition) is 2. The van der Waals surface area contributed by atoms with E-state index < -0.39 is 27.3 Å². The maximum atomic E-state index is 13.6. The zero-order valence-electron chi connectivity index (χ0n) is 35.8. The molecule has 8 fully saturated rings. The second-order valence-corrected chi connectivity index (χ2v) is 24.8. The number of sulfonamides is 1. The number of carbonyl (C=O) groups is 2. The lowest BCUT2D eigenvalue weighted by atomic mass is 9.32. The van der Waals surface area contributed by atoms with Crippen LogP contribution < -0.4 is 5.32 Å². The van der Waals surface area contributed by atoms with E-state index in [0.717, 1.165) is 50.9 Å². The van der Waals surface area contributed by atoms with Crippen molar-refractivity contribution in [3.63, 3.8) is 0 Å². The molecule has 10 heteroatoms. The number of fused-ring (bicyclic) bond motifs is 7. The summed E-state index contributed by atoms with van der Waals surface area (Å²) in [4.78, 5) is 27.9. The minimum atomic E-state index is -3.12. The highest BCUT2D eigenvalue weighted by Crippen LogP contribution is 2.78. The Morgan fingerprint density at radius 1 is 0.727 bits per heavy atom. The van der Waals surface area contributed by atoms with Gasteiger partial charge < -0.3 is 15.2 Å². The topological polar surface area (TPSA) is 116 Å². The molecular formula is C45H75N3O6S. The van der Waals surface area contributed by atoms with Gasteiger partial charge in [-0.05, 0) is 140 Å². The van der Waals surface area contributed by atoms with Crippen LogP contribution in [-0.2, 0) is 24.3 Å². The molecular weight excluding hydrogens is 711 g/mol. The second kappa shape index (κ2) is 13.1. The molecule has 2 N–H and O–H groups in total. The van der Waals surface area contributed by atoms with Crippen molar-refractivity contribution >= 4 is 22.0 Å². The number of nitrogens with one attached hydrogen (secondary N) is 1. The van der Waals surface area contributed by atoms with E-state index in [0.29, 0.717) is 48.1 Å². The molecule has 9 nitrogen and oxygen atoms in total. The molecule has 8 rings (SSSR count). The summed E-state index contributed by atoms with van der Waals surface area (Å²) in [5, 5.41) is 14.0. The Morgan fingerprint density at radius 2 is 1.42 bits per heavy atom. The lowest BCUT2D eigenvalue weighted by Crippen LogP contribution is -2.69. The number of hydrogen-bond acceptors (Lipinski definition) is 7. The Bertz CT molecular complexity index is 1650. The fourth-order valence-corrected chi connectivity index (χ4v) is 17.0. The highest BCUT2D eigenvalue weighted by molar-refractivity contribution is 7.88. The van der Waals surface area contributed by atoms with Crippen molar-refractivity contribution in [3.8, 4) is 0 Å². The van der Waals surface area contributed by atoms with Gasteiger partial charge in [-0.3, -0.25) is 14.5 Å². The van der Waals surface area contributed by atoms with Crippen LogP contribution in [0.3, 0.4) is 0 Å². The van der Waals surface area contributed by atoms with Crippen molar-refractivity contribution in [2.24, 2.45) is 73.9 Å². The summed E-state index contributed by atoms with van der Waals surface area (Å²) < 4.78 is 32.3. The van der Waals surface area contributed by atoms with Gasteiger partial charge >= 0.3 is 11.9 Å². The minimum absolute atomic E-state index is 0.127. The Labute approximate surface area is 333 Å². The van der Waals surface area contributed by atoms with Gasteiger partial charge in [0, 0.05) is 50.2 Å². The second-order valence-electron chi connectivity index (χ2n) is 22.9. The van der Waals surface area contributed by atoms with Crippen LogP contribution in [0.5, 0.6) is 0 Å². The van der Waals surface area contributed by atoms with E-state index in [-0.39, 0.29) is 39.8 Å². The summed E-state index contributed by atoms with van der Waals surface area (Å²) in [5.74, 6) is 1.57. The normalized spacial score (nSPS) is 47.3. The molecule has 12 atom stereocenters. The quantitative estimate of drug-likeness (QED) is 0.232. The molecule has 0 unspecified atom stereocenters. The molecule has 7 saturated carbocycles. The summed E-state index contributed by atoms with van der Waals surface area (Å²) in [7, 11) is -3.12. The first-order chi connectivity index (χ1) is 25.5. The van der Waals surface area contributed by atoms with Crippen molar-refractivity contribution in [3.05, 3.63) is 0 Å². The van der Waals surface area contributed by atoms with Crippen LogP contribution in [0.2, 0.25) is 0 Å². The van der Waals surface area contributed by atoms with E-state index in [1.54, 1.807) is 4.31 Å². The predicted octanol–water partition coefficient (Wildman–Crippen LogP) is 7.45. The lowest BCUT2D eigenvalue weighted by molar-refractivity contribution is -0.249.